The molecule has 1 fully saturated rings. The van der Waals surface area contributed by atoms with Gasteiger partial charge in [0.1, 0.15) is 6.23 Å². The molecule has 0 bridgehead atoms. The zero-order valence-electron chi connectivity index (χ0n) is 7.38. The second-order valence-corrected chi connectivity index (χ2v) is 3.14. The topological polar surface area (TPSA) is 64.3 Å². The Balaban J connectivity index is 2.34. The van der Waals surface area contributed by atoms with Crippen LogP contribution in [0.2, 0.25) is 0 Å². The number of carbonyl (C=O) groups excluding carboxylic acids is 1. The minimum Gasteiger partial charge on any atom is -0.367 e. The molecule has 1 unspecified atom stereocenters. The monoisotopic (exact) mass is 172 g/mol. The molecule has 0 aromatic carbocycles. The number of rotatable bonds is 3. The molecule has 0 aromatic rings. The summed E-state index contributed by atoms with van der Waals surface area (Å²) in [6.45, 7) is 0.803. The number of hydrogen-bond donors (Lipinski definition) is 2. The number of nitrogens with one attached hydrogen (secondary N) is 1. The van der Waals surface area contributed by atoms with Crippen LogP contribution < -0.4 is 11.1 Å². The zero-order chi connectivity index (χ0) is 8.97. The third-order valence-corrected chi connectivity index (χ3v) is 2.22. The van der Waals surface area contributed by atoms with Crippen molar-refractivity contribution in [3.05, 3.63) is 0 Å². The maximum atomic E-state index is 11.2. The Kier molecular flexibility index (Phi) is 3.49. The van der Waals surface area contributed by atoms with Crippen LogP contribution in [0, 0.1) is 5.92 Å². The molecule has 3 N–H and O–H groups in total. The van der Waals surface area contributed by atoms with Gasteiger partial charge in [0.2, 0.25) is 5.91 Å². The molecule has 0 saturated carbocycles. The van der Waals surface area contributed by atoms with Gasteiger partial charge in [0.15, 0.2) is 0 Å². The van der Waals surface area contributed by atoms with Gasteiger partial charge in [-0.2, -0.15) is 0 Å². The van der Waals surface area contributed by atoms with Gasteiger partial charge >= 0.3 is 0 Å². The minimum absolute atomic E-state index is 0.0497. The summed E-state index contributed by atoms with van der Waals surface area (Å²) in [5.74, 6) is 0.169. The van der Waals surface area contributed by atoms with Crippen molar-refractivity contribution in [2.24, 2.45) is 11.7 Å². The molecule has 1 saturated heterocycles. The second-order valence-electron chi connectivity index (χ2n) is 3.14. The molecular formula is C8H16N2O2. The van der Waals surface area contributed by atoms with Gasteiger partial charge in [0.25, 0.3) is 0 Å². The summed E-state index contributed by atoms with van der Waals surface area (Å²) in [5.41, 5.74) is 5.56. The smallest absolute Gasteiger partial charge is 0.223 e. The number of nitrogens with two attached hydrogens (primary N) is 1. The molecular weight excluding hydrogens is 156 g/mol. The quantitative estimate of drug-likeness (QED) is 0.581. The molecule has 0 radical (unpaired) electrons. The number of carbonyl (C=O) groups is 1. The highest BCUT2D eigenvalue weighted by molar-refractivity contribution is 5.79. The highest BCUT2D eigenvalue weighted by Crippen LogP contribution is 2.16. The van der Waals surface area contributed by atoms with Gasteiger partial charge in [-0.3, -0.25) is 4.79 Å². The van der Waals surface area contributed by atoms with E-state index in [4.69, 9.17) is 10.5 Å². The van der Waals surface area contributed by atoms with Gasteiger partial charge in [-0.15, -0.1) is 0 Å². The van der Waals surface area contributed by atoms with E-state index in [0.29, 0.717) is 6.42 Å². The van der Waals surface area contributed by atoms with Gasteiger partial charge < -0.3 is 15.8 Å². The normalized spacial score (nSPS) is 26.5. The lowest BCUT2D eigenvalue weighted by molar-refractivity contribution is -0.127. The summed E-state index contributed by atoms with van der Waals surface area (Å²) in [7, 11) is 1.56. The predicted molar refractivity (Wildman–Crippen MR) is 45.3 cm³/mol. The van der Waals surface area contributed by atoms with Crippen molar-refractivity contribution in [2.45, 2.75) is 25.5 Å². The highest BCUT2D eigenvalue weighted by atomic mass is 16.5. The van der Waals surface area contributed by atoms with Crippen molar-refractivity contribution in [1.29, 1.82) is 0 Å². The average molecular weight is 172 g/mol. The molecule has 1 aliphatic heterocycles. The van der Waals surface area contributed by atoms with E-state index in [1.807, 2.05) is 0 Å². The Bertz CT molecular complexity index is 161. The van der Waals surface area contributed by atoms with Crippen LogP contribution >= 0.6 is 0 Å². The number of ether oxygens (including phenoxy) is 1. The molecule has 70 valence electrons. The third kappa shape index (κ3) is 2.46. The fourth-order valence-electron chi connectivity index (χ4n) is 1.44. The second kappa shape index (κ2) is 4.42. The molecule has 2 atom stereocenters. The zero-order valence-corrected chi connectivity index (χ0v) is 7.38. The number of piperidine rings is 1. The molecule has 0 aromatic heterocycles. The summed E-state index contributed by atoms with van der Waals surface area (Å²) in [4.78, 5) is 11.2. The van der Waals surface area contributed by atoms with Crippen LogP contribution in [0.15, 0.2) is 0 Å². The maximum absolute atomic E-state index is 11.2. The molecule has 4 nitrogen and oxygen atoms in total. The number of hydrogen-bond acceptors (Lipinski definition) is 3. The van der Waals surface area contributed by atoms with E-state index in [0.717, 1.165) is 19.4 Å². The van der Waals surface area contributed by atoms with Crippen LogP contribution in [0.5, 0.6) is 0 Å². The Morgan fingerprint density at radius 1 is 1.83 bits per heavy atom. The van der Waals surface area contributed by atoms with Gasteiger partial charge in [0, 0.05) is 19.6 Å². The van der Waals surface area contributed by atoms with Crippen LogP contribution in [0.3, 0.4) is 0 Å². The van der Waals surface area contributed by atoms with Crippen molar-refractivity contribution in [2.75, 3.05) is 13.7 Å². The van der Waals surface area contributed by atoms with Gasteiger partial charge in [-0.25, -0.2) is 0 Å². The first kappa shape index (κ1) is 9.48. The summed E-state index contributed by atoms with van der Waals surface area (Å²) < 4.78 is 4.90. The van der Waals surface area contributed by atoms with E-state index >= 15 is 0 Å². The van der Waals surface area contributed by atoms with E-state index < -0.39 is 0 Å². The summed E-state index contributed by atoms with van der Waals surface area (Å²) in [6, 6.07) is 0. The first-order valence-corrected chi connectivity index (χ1v) is 4.30. The van der Waals surface area contributed by atoms with Gasteiger partial charge in [0.05, 0.1) is 0 Å². The molecule has 1 rings (SSSR count). The van der Waals surface area contributed by atoms with Crippen LogP contribution in [-0.4, -0.2) is 25.8 Å². The fourth-order valence-corrected chi connectivity index (χ4v) is 1.44. The van der Waals surface area contributed by atoms with E-state index in [1.165, 1.54) is 0 Å². The molecule has 1 aliphatic rings. The fraction of sp³-hybridized carbons (Fsp3) is 0.875. The maximum Gasteiger partial charge on any atom is 0.223 e. The summed E-state index contributed by atoms with van der Waals surface area (Å²) in [6.07, 6.45) is 2.30. The molecule has 1 amide bonds. The number of methoxy groups -OCH3 is 1. The van der Waals surface area contributed by atoms with Crippen molar-refractivity contribution < 1.29 is 9.53 Å². The van der Waals surface area contributed by atoms with E-state index in [9.17, 15) is 4.79 Å². The lowest BCUT2D eigenvalue weighted by Crippen LogP contribution is -2.39. The molecule has 0 aliphatic carbocycles. The molecule has 4 heteroatoms. The largest absolute Gasteiger partial charge is 0.367 e. The summed E-state index contributed by atoms with van der Waals surface area (Å²) >= 11 is 0. The van der Waals surface area contributed by atoms with E-state index in [-0.39, 0.29) is 18.1 Å². The molecule has 0 spiro atoms. The lowest BCUT2D eigenvalue weighted by atomic mass is 9.95. The standard InChI is InChI=1S/C8H16N2O2/c1-12-7(9)5-6-3-2-4-10-8(6)11/h6-7H,2-5,9H2,1H3,(H,10,11)/t6-,7?/m0/s1. The highest BCUT2D eigenvalue weighted by Gasteiger charge is 2.23. The van der Waals surface area contributed by atoms with Crippen LogP contribution in [-0.2, 0) is 9.53 Å². The molecule has 12 heavy (non-hydrogen) atoms. The van der Waals surface area contributed by atoms with Gasteiger partial charge in [-0.1, -0.05) is 0 Å². The van der Waals surface area contributed by atoms with Crippen molar-refractivity contribution >= 4 is 5.91 Å². The minimum atomic E-state index is -0.307. The Labute approximate surface area is 72.5 Å². The van der Waals surface area contributed by atoms with Gasteiger partial charge in [-0.05, 0) is 19.3 Å². The Morgan fingerprint density at radius 2 is 2.58 bits per heavy atom. The Morgan fingerprint density at radius 3 is 3.17 bits per heavy atom. The van der Waals surface area contributed by atoms with Crippen molar-refractivity contribution in [3.8, 4) is 0 Å². The van der Waals surface area contributed by atoms with Crippen LogP contribution in [0.25, 0.3) is 0 Å². The Hall–Kier alpha value is -0.610. The third-order valence-electron chi connectivity index (χ3n) is 2.22. The molecule has 1 heterocycles. The summed E-state index contributed by atoms with van der Waals surface area (Å²) in [5, 5.41) is 2.81. The average Bonchev–Trinajstić information content (AvgIpc) is 2.09. The predicted octanol–water partition coefficient (Wildman–Crippen LogP) is -0.166. The lowest BCUT2D eigenvalue weighted by Gasteiger charge is -2.23. The first-order chi connectivity index (χ1) is 5.74. The van der Waals surface area contributed by atoms with Crippen molar-refractivity contribution in [1.82, 2.24) is 5.32 Å². The number of amides is 1. The van der Waals surface area contributed by atoms with E-state index in [1.54, 1.807) is 7.11 Å². The van der Waals surface area contributed by atoms with Crippen LogP contribution in [0.4, 0.5) is 0 Å². The SMILES string of the molecule is COC(N)C[C@@H]1CCCNC1=O. The van der Waals surface area contributed by atoms with Crippen molar-refractivity contribution in [3.63, 3.8) is 0 Å². The van der Waals surface area contributed by atoms with Crippen LogP contribution in [0.1, 0.15) is 19.3 Å². The first-order valence-electron chi connectivity index (χ1n) is 4.30. The van der Waals surface area contributed by atoms with E-state index in [2.05, 4.69) is 5.32 Å².